The van der Waals surface area contributed by atoms with Crippen LogP contribution in [0.4, 0.5) is 5.82 Å². The summed E-state index contributed by atoms with van der Waals surface area (Å²) in [5.74, 6) is 1.69. The van der Waals surface area contributed by atoms with Gasteiger partial charge in [-0.3, -0.25) is 4.98 Å². The van der Waals surface area contributed by atoms with Crippen molar-refractivity contribution in [3.63, 3.8) is 0 Å². The van der Waals surface area contributed by atoms with Crippen molar-refractivity contribution in [3.05, 3.63) is 12.4 Å². The first-order valence-electron chi connectivity index (χ1n) is 4.86. The van der Waals surface area contributed by atoms with Gasteiger partial charge in [-0.15, -0.1) is 11.6 Å². The van der Waals surface area contributed by atoms with E-state index in [1.54, 1.807) is 12.4 Å². The molecule has 0 spiro atoms. The quantitative estimate of drug-likeness (QED) is 0.788. The molecule has 84 valence electrons. The Morgan fingerprint density at radius 1 is 1.47 bits per heavy atom. The maximum absolute atomic E-state index is 5.80. The number of alkyl halides is 1. The summed E-state index contributed by atoms with van der Waals surface area (Å²) in [5, 5.41) is 3.18. The van der Waals surface area contributed by atoms with Gasteiger partial charge < -0.3 is 10.1 Å². The summed E-state index contributed by atoms with van der Waals surface area (Å²) in [4.78, 5) is 8.27. The Labute approximate surface area is 95.0 Å². The van der Waals surface area contributed by atoms with Gasteiger partial charge in [0, 0.05) is 11.4 Å². The molecule has 4 nitrogen and oxygen atoms in total. The van der Waals surface area contributed by atoms with Gasteiger partial charge in [0.1, 0.15) is 5.82 Å². The average Bonchev–Trinajstić information content (AvgIpc) is 2.18. The summed E-state index contributed by atoms with van der Waals surface area (Å²) >= 11 is 5.80. The molecule has 0 unspecified atom stereocenters. The monoisotopic (exact) mass is 229 g/mol. The summed E-state index contributed by atoms with van der Waals surface area (Å²) in [6, 6.07) is 0. The van der Waals surface area contributed by atoms with E-state index in [0.29, 0.717) is 24.2 Å². The summed E-state index contributed by atoms with van der Waals surface area (Å²) in [7, 11) is 0. The van der Waals surface area contributed by atoms with E-state index in [2.05, 4.69) is 15.3 Å². The van der Waals surface area contributed by atoms with Crippen molar-refractivity contribution in [3.8, 4) is 5.88 Å². The lowest BCUT2D eigenvalue weighted by Gasteiger charge is -2.23. The van der Waals surface area contributed by atoms with Gasteiger partial charge in [0.15, 0.2) is 0 Å². The first-order valence-corrected chi connectivity index (χ1v) is 5.40. The molecule has 1 rings (SSSR count). The fourth-order valence-corrected chi connectivity index (χ4v) is 1.07. The second-order valence-electron chi connectivity index (χ2n) is 3.82. The molecule has 1 aromatic rings. The highest BCUT2D eigenvalue weighted by atomic mass is 35.5. The number of nitrogens with one attached hydrogen (secondary N) is 1. The van der Waals surface area contributed by atoms with Crippen molar-refractivity contribution in [2.45, 2.75) is 26.3 Å². The third-order valence-corrected chi connectivity index (χ3v) is 2.37. The van der Waals surface area contributed by atoms with Gasteiger partial charge in [0.05, 0.1) is 19.0 Å². The van der Waals surface area contributed by atoms with Crippen LogP contribution in [-0.2, 0) is 0 Å². The second-order valence-corrected chi connectivity index (χ2v) is 4.09. The van der Waals surface area contributed by atoms with Crippen molar-refractivity contribution < 1.29 is 4.74 Å². The molecule has 0 atom stereocenters. The van der Waals surface area contributed by atoms with E-state index in [1.807, 2.05) is 20.8 Å². The Kier molecular flexibility index (Phi) is 4.15. The molecule has 5 heteroatoms. The molecule has 0 aliphatic rings. The number of hydrogen-bond acceptors (Lipinski definition) is 4. The number of rotatable bonds is 5. The zero-order valence-electron chi connectivity index (χ0n) is 9.25. The highest BCUT2D eigenvalue weighted by Crippen LogP contribution is 2.15. The first-order chi connectivity index (χ1) is 7.07. The van der Waals surface area contributed by atoms with Crippen LogP contribution in [0.1, 0.15) is 20.8 Å². The minimum Gasteiger partial charge on any atom is -0.477 e. The highest BCUT2D eigenvalue weighted by Gasteiger charge is 2.16. The summed E-state index contributed by atoms with van der Waals surface area (Å²) in [5.41, 5.74) is -0.207. The fraction of sp³-hybridized carbons (Fsp3) is 0.600. The van der Waals surface area contributed by atoms with E-state index in [4.69, 9.17) is 16.3 Å². The molecule has 0 saturated carbocycles. The topological polar surface area (TPSA) is 47.0 Å². The van der Waals surface area contributed by atoms with Gasteiger partial charge in [-0.05, 0) is 20.8 Å². The van der Waals surface area contributed by atoms with Crippen molar-refractivity contribution in [2.24, 2.45) is 0 Å². The van der Waals surface area contributed by atoms with Gasteiger partial charge in [0.2, 0.25) is 5.88 Å². The minimum atomic E-state index is -0.207. The number of anilines is 1. The molecular weight excluding hydrogens is 214 g/mol. The smallest absolute Gasteiger partial charge is 0.234 e. The Morgan fingerprint density at radius 2 is 2.20 bits per heavy atom. The Bertz CT molecular complexity index is 317. The van der Waals surface area contributed by atoms with Crippen LogP contribution in [0.25, 0.3) is 0 Å². The van der Waals surface area contributed by atoms with Crippen LogP contribution in [0.2, 0.25) is 0 Å². The van der Waals surface area contributed by atoms with E-state index in [-0.39, 0.29) is 5.54 Å². The molecular formula is C10H16ClN3O. The van der Waals surface area contributed by atoms with Crippen LogP contribution in [0.15, 0.2) is 12.4 Å². The van der Waals surface area contributed by atoms with Crippen LogP contribution in [-0.4, -0.2) is 28.0 Å². The Morgan fingerprint density at radius 3 is 2.80 bits per heavy atom. The van der Waals surface area contributed by atoms with Gasteiger partial charge in [0.25, 0.3) is 0 Å². The van der Waals surface area contributed by atoms with Crippen LogP contribution in [0.3, 0.4) is 0 Å². The lowest BCUT2D eigenvalue weighted by Crippen LogP contribution is -2.33. The lowest BCUT2D eigenvalue weighted by molar-refractivity contribution is 0.325. The zero-order chi connectivity index (χ0) is 11.3. The van der Waals surface area contributed by atoms with Crippen molar-refractivity contribution in [1.29, 1.82) is 0 Å². The largest absolute Gasteiger partial charge is 0.477 e. The van der Waals surface area contributed by atoms with Gasteiger partial charge in [-0.1, -0.05) is 0 Å². The fourth-order valence-electron chi connectivity index (χ4n) is 1.01. The van der Waals surface area contributed by atoms with Crippen LogP contribution >= 0.6 is 11.6 Å². The van der Waals surface area contributed by atoms with Crippen LogP contribution < -0.4 is 10.1 Å². The third kappa shape index (κ3) is 3.91. The number of halogens is 1. The van der Waals surface area contributed by atoms with Crippen LogP contribution in [0, 0.1) is 0 Å². The molecule has 0 amide bonds. The van der Waals surface area contributed by atoms with Crippen molar-refractivity contribution >= 4 is 17.4 Å². The normalized spacial score (nSPS) is 11.2. The SMILES string of the molecule is CCOc1cncc(NC(C)(C)CCl)n1. The molecule has 15 heavy (non-hydrogen) atoms. The minimum absolute atomic E-state index is 0.207. The molecule has 0 aliphatic carbocycles. The van der Waals surface area contributed by atoms with E-state index < -0.39 is 0 Å². The highest BCUT2D eigenvalue weighted by molar-refractivity contribution is 6.18. The maximum Gasteiger partial charge on any atom is 0.234 e. The molecule has 1 N–H and O–H groups in total. The molecule has 0 aliphatic heterocycles. The van der Waals surface area contributed by atoms with Gasteiger partial charge >= 0.3 is 0 Å². The van der Waals surface area contributed by atoms with E-state index >= 15 is 0 Å². The molecule has 1 heterocycles. The molecule has 1 aromatic heterocycles. The molecule has 0 bridgehead atoms. The van der Waals surface area contributed by atoms with Crippen molar-refractivity contribution in [1.82, 2.24) is 9.97 Å². The standard InChI is InChI=1S/C10H16ClN3O/c1-4-15-9-6-12-5-8(13-9)14-10(2,3)7-11/h5-6H,4,7H2,1-3H3,(H,13,14). The molecule has 0 aromatic carbocycles. The predicted octanol–water partition coefficient (Wildman–Crippen LogP) is 2.30. The van der Waals surface area contributed by atoms with E-state index in [9.17, 15) is 0 Å². The predicted molar refractivity (Wildman–Crippen MR) is 61.6 cm³/mol. The zero-order valence-corrected chi connectivity index (χ0v) is 10.0. The van der Waals surface area contributed by atoms with Gasteiger partial charge in [-0.25, -0.2) is 0 Å². The molecule has 0 radical (unpaired) electrons. The number of ether oxygens (including phenoxy) is 1. The Balaban J connectivity index is 2.73. The summed E-state index contributed by atoms with van der Waals surface area (Å²) < 4.78 is 5.25. The van der Waals surface area contributed by atoms with Crippen molar-refractivity contribution in [2.75, 3.05) is 17.8 Å². The van der Waals surface area contributed by atoms with Gasteiger partial charge in [-0.2, -0.15) is 4.98 Å². The van der Waals surface area contributed by atoms with Crippen LogP contribution in [0.5, 0.6) is 5.88 Å². The second kappa shape index (κ2) is 5.16. The lowest BCUT2D eigenvalue weighted by atomic mass is 10.1. The average molecular weight is 230 g/mol. The molecule has 0 saturated heterocycles. The number of aromatic nitrogens is 2. The Hall–Kier alpha value is -1.03. The first kappa shape index (κ1) is 12.0. The number of hydrogen-bond donors (Lipinski definition) is 1. The summed E-state index contributed by atoms with van der Waals surface area (Å²) in [6.07, 6.45) is 3.24. The summed E-state index contributed by atoms with van der Waals surface area (Å²) in [6.45, 7) is 6.48. The molecule has 0 fully saturated rings. The van der Waals surface area contributed by atoms with E-state index in [1.165, 1.54) is 0 Å². The number of nitrogens with zero attached hydrogens (tertiary/aromatic N) is 2. The third-order valence-electron chi connectivity index (χ3n) is 1.71. The van der Waals surface area contributed by atoms with E-state index in [0.717, 1.165) is 0 Å². The maximum atomic E-state index is 5.80.